The van der Waals surface area contributed by atoms with Crippen molar-refractivity contribution in [1.29, 1.82) is 0 Å². The molecule has 4 nitrogen and oxygen atoms in total. The normalized spacial score (nSPS) is 29.6. The second-order valence-electron chi connectivity index (χ2n) is 5.93. The summed E-state index contributed by atoms with van der Waals surface area (Å²) in [4.78, 5) is 0. The number of hydrogen-bond acceptors (Lipinski definition) is 4. The van der Waals surface area contributed by atoms with Gasteiger partial charge in [0.25, 0.3) is 0 Å². The first-order chi connectivity index (χ1) is 10.1. The van der Waals surface area contributed by atoms with E-state index in [1.165, 1.54) is 0 Å². The highest BCUT2D eigenvalue weighted by Crippen LogP contribution is 2.42. The molecule has 21 heavy (non-hydrogen) atoms. The number of rotatable bonds is 1. The molecular weight excluding hydrogens is 288 g/mol. The zero-order chi connectivity index (χ0) is 14.4. The molecule has 0 amide bonds. The monoisotopic (exact) mass is 306 g/mol. The lowest BCUT2D eigenvalue weighted by Gasteiger charge is -2.21. The zero-order valence-electron chi connectivity index (χ0n) is 11.7. The van der Waals surface area contributed by atoms with E-state index in [0.29, 0.717) is 19.6 Å². The largest absolute Gasteiger partial charge is 0.490 e. The van der Waals surface area contributed by atoms with Gasteiger partial charge in [-0.1, -0.05) is 12.1 Å². The molecule has 0 aliphatic carbocycles. The molecule has 0 saturated carbocycles. The summed E-state index contributed by atoms with van der Waals surface area (Å²) in [6, 6.07) is 5.93. The van der Waals surface area contributed by atoms with E-state index in [9.17, 15) is 8.42 Å². The predicted octanol–water partition coefficient (Wildman–Crippen LogP) is 2.58. The van der Waals surface area contributed by atoms with Crippen LogP contribution in [0, 0.1) is 0 Å². The maximum Gasteiger partial charge on any atom is 0.161 e. The topological polar surface area (TPSA) is 52.6 Å². The molecule has 0 radical (unpaired) electrons. The Bertz CT molecular complexity index is 705. The summed E-state index contributed by atoms with van der Waals surface area (Å²) in [5, 5.41) is -0.485. The van der Waals surface area contributed by atoms with E-state index in [1.54, 1.807) is 0 Å². The van der Waals surface area contributed by atoms with Crippen molar-refractivity contribution in [2.24, 2.45) is 0 Å². The zero-order valence-corrected chi connectivity index (χ0v) is 12.6. The molecule has 2 bridgehead atoms. The van der Waals surface area contributed by atoms with Gasteiger partial charge < -0.3 is 9.47 Å². The van der Waals surface area contributed by atoms with Gasteiger partial charge in [0.05, 0.1) is 23.7 Å². The van der Waals surface area contributed by atoms with Crippen molar-refractivity contribution in [2.75, 3.05) is 13.2 Å². The van der Waals surface area contributed by atoms with Crippen molar-refractivity contribution in [3.63, 3.8) is 0 Å². The Hall–Kier alpha value is -1.49. The van der Waals surface area contributed by atoms with E-state index in [2.05, 4.69) is 0 Å². The second kappa shape index (κ2) is 4.77. The fraction of sp³-hybridized carbons (Fsp3) is 0.500. The van der Waals surface area contributed by atoms with Crippen LogP contribution in [0.25, 0.3) is 5.57 Å². The Morgan fingerprint density at radius 1 is 1.05 bits per heavy atom. The number of fused-ring (bicyclic) bond motifs is 3. The average molecular weight is 306 g/mol. The number of sulfone groups is 1. The highest BCUT2D eigenvalue weighted by atomic mass is 32.2. The molecule has 1 aromatic rings. The molecule has 4 rings (SSSR count). The number of ether oxygens (including phenoxy) is 2. The highest BCUT2D eigenvalue weighted by Gasteiger charge is 2.43. The minimum Gasteiger partial charge on any atom is -0.490 e. The first kappa shape index (κ1) is 13.2. The van der Waals surface area contributed by atoms with Crippen LogP contribution in [0.4, 0.5) is 0 Å². The average Bonchev–Trinajstić information content (AvgIpc) is 2.74. The van der Waals surface area contributed by atoms with E-state index >= 15 is 0 Å². The third-order valence-corrected chi connectivity index (χ3v) is 7.16. The van der Waals surface area contributed by atoms with Gasteiger partial charge in [0.15, 0.2) is 21.3 Å². The summed E-state index contributed by atoms with van der Waals surface area (Å²) in [6.07, 6.45) is 5.00. The van der Waals surface area contributed by atoms with Gasteiger partial charge in [-0.05, 0) is 42.5 Å². The fourth-order valence-electron chi connectivity index (χ4n) is 3.44. The lowest BCUT2D eigenvalue weighted by Crippen LogP contribution is -2.26. The van der Waals surface area contributed by atoms with Gasteiger partial charge in [-0.25, -0.2) is 8.42 Å². The summed E-state index contributed by atoms with van der Waals surface area (Å²) in [6.45, 7) is 1.34. The Morgan fingerprint density at radius 2 is 1.86 bits per heavy atom. The van der Waals surface area contributed by atoms with Crippen molar-refractivity contribution in [3.8, 4) is 11.5 Å². The molecule has 112 valence electrons. The molecule has 5 heteroatoms. The molecule has 1 aromatic carbocycles. The standard InChI is InChI=1S/C16H18O4S/c17-21(18)13-3-4-14(21)9-12(8-13)11-2-5-15-16(10-11)20-7-1-6-19-15/h2,5,8,10,13-14H,1,3-4,6-7,9H2. The maximum absolute atomic E-state index is 12.1. The Kier molecular flexibility index (Phi) is 2.99. The van der Waals surface area contributed by atoms with Gasteiger partial charge in [0.2, 0.25) is 0 Å². The van der Waals surface area contributed by atoms with Crippen molar-refractivity contribution < 1.29 is 17.9 Å². The molecule has 2 unspecified atom stereocenters. The summed E-state index contributed by atoms with van der Waals surface area (Å²) < 4.78 is 35.6. The molecule has 1 saturated heterocycles. The molecule has 0 spiro atoms. The molecule has 3 aliphatic rings. The Labute approximate surface area is 124 Å². The van der Waals surface area contributed by atoms with E-state index < -0.39 is 9.84 Å². The molecule has 3 heterocycles. The lowest BCUT2D eigenvalue weighted by molar-refractivity contribution is 0.297. The molecular formula is C16H18O4S. The van der Waals surface area contributed by atoms with E-state index in [-0.39, 0.29) is 10.5 Å². The van der Waals surface area contributed by atoms with Crippen LogP contribution in [-0.4, -0.2) is 32.1 Å². The molecule has 0 aromatic heterocycles. The van der Waals surface area contributed by atoms with Crippen LogP contribution in [-0.2, 0) is 9.84 Å². The van der Waals surface area contributed by atoms with Crippen LogP contribution >= 0.6 is 0 Å². The summed E-state index contributed by atoms with van der Waals surface area (Å²) in [5.41, 5.74) is 2.19. The third kappa shape index (κ3) is 2.14. The quantitative estimate of drug-likeness (QED) is 0.800. The smallest absolute Gasteiger partial charge is 0.161 e. The number of hydrogen-bond donors (Lipinski definition) is 0. The summed E-state index contributed by atoms with van der Waals surface area (Å²) >= 11 is 0. The minimum absolute atomic E-state index is 0.196. The summed E-state index contributed by atoms with van der Waals surface area (Å²) in [7, 11) is -2.93. The molecule has 2 atom stereocenters. The maximum atomic E-state index is 12.1. The van der Waals surface area contributed by atoms with Crippen LogP contribution in [0.1, 0.15) is 31.2 Å². The predicted molar refractivity (Wildman–Crippen MR) is 80.4 cm³/mol. The van der Waals surface area contributed by atoms with Gasteiger partial charge in [-0.2, -0.15) is 0 Å². The first-order valence-corrected chi connectivity index (χ1v) is 9.09. The van der Waals surface area contributed by atoms with Gasteiger partial charge in [0, 0.05) is 6.42 Å². The minimum atomic E-state index is -2.93. The van der Waals surface area contributed by atoms with Crippen LogP contribution < -0.4 is 9.47 Å². The SMILES string of the molecule is O=S1(=O)C2C=C(c3ccc4c(c3)OCCCO4)CC1CC2. The highest BCUT2D eigenvalue weighted by molar-refractivity contribution is 7.93. The number of benzene rings is 1. The van der Waals surface area contributed by atoms with Crippen molar-refractivity contribution in [2.45, 2.75) is 36.2 Å². The molecule has 3 aliphatic heterocycles. The Morgan fingerprint density at radius 3 is 2.67 bits per heavy atom. The van der Waals surface area contributed by atoms with E-state index in [0.717, 1.165) is 41.9 Å². The van der Waals surface area contributed by atoms with Gasteiger partial charge in [-0.15, -0.1) is 0 Å². The first-order valence-electron chi connectivity index (χ1n) is 7.48. The number of allylic oxidation sites excluding steroid dienone is 1. The van der Waals surface area contributed by atoms with Crippen LogP contribution in [0.2, 0.25) is 0 Å². The van der Waals surface area contributed by atoms with Crippen molar-refractivity contribution in [1.82, 2.24) is 0 Å². The Balaban J connectivity index is 1.70. The summed E-state index contributed by atoms with van der Waals surface area (Å²) in [5.74, 6) is 1.55. The molecule has 1 fully saturated rings. The lowest BCUT2D eigenvalue weighted by atomic mass is 10.0. The van der Waals surface area contributed by atoms with E-state index in [1.807, 2.05) is 24.3 Å². The van der Waals surface area contributed by atoms with Gasteiger partial charge in [-0.3, -0.25) is 0 Å². The van der Waals surface area contributed by atoms with Gasteiger partial charge in [0.1, 0.15) is 0 Å². The van der Waals surface area contributed by atoms with Gasteiger partial charge >= 0.3 is 0 Å². The van der Waals surface area contributed by atoms with Crippen molar-refractivity contribution >= 4 is 15.4 Å². The fourth-order valence-corrected chi connectivity index (χ4v) is 5.63. The van der Waals surface area contributed by atoms with Crippen molar-refractivity contribution in [3.05, 3.63) is 29.8 Å². The second-order valence-corrected chi connectivity index (χ2v) is 8.39. The van der Waals surface area contributed by atoms with E-state index in [4.69, 9.17) is 9.47 Å². The van der Waals surface area contributed by atoms with Crippen LogP contribution in [0.15, 0.2) is 24.3 Å². The van der Waals surface area contributed by atoms with Crippen LogP contribution in [0.5, 0.6) is 11.5 Å². The third-order valence-electron chi connectivity index (χ3n) is 4.61. The van der Waals surface area contributed by atoms with Crippen LogP contribution in [0.3, 0.4) is 0 Å². The molecule has 0 N–H and O–H groups in total.